The summed E-state index contributed by atoms with van der Waals surface area (Å²) < 4.78 is 5.54. The third-order valence-electron chi connectivity index (χ3n) is 3.89. The van der Waals surface area contributed by atoms with Crippen molar-refractivity contribution >= 4 is 0 Å². The van der Waals surface area contributed by atoms with Gasteiger partial charge in [-0.3, -0.25) is 0 Å². The molecule has 0 amide bonds. The van der Waals surface area contributed by atoms with Crippen LogP contribution in [0.1, 0.15) is 39.5 Å². The fourth-order valence-corrected chi connectivity index (χ4v) is 2.78. The summed E-state index contributed by atoms with van der Waals surface area (Å²) in [4.78, 5) is 2.39. The number of hydrogen-bond acceptors (Lipinski definition) is 3. The Balaban J connectivity index is 2.54. The van der Waals surface area contributed by atoms with E-state index in [2.05, 4.69) is 25.8 Å². The van der Waals surface area contributed by atoms with Crippen LogP contribution in [0, 0.1) is 5.41 Å². The highest BCUT2D eigenvalue weighted by atomic mass is 16.5. The lowest BCUT2D eigenvalue weighted by atomic mass is 9.82. The van der Waals surface area contributed by atoms with E-state index >= 15 is 0 Å². The van der Waals surface area contributed by atoms with Gasteiger partial charge >= 0.3 is 0 Å². The second-order valence-corrected chi connectivity index (χ2v) is 5.20. The smallest absolute Gasteiger partial charge is 0.0556 e. The van der Waals surface area contributed by atoms with Gasteiger partial charge in [0, 0.05) is 24.6 Å². The van der Waals surface area contributed by atoms with Crippen molar-refractivity contribution in [2.24, 2.45) is 5.41 Å². The number of rotatable bonds is 6. The van der Waals surface area contributed by atoms with Crippen molar-refractivity contribution in [1.82, 2.24) is 4.90 Å². The molecule has 1 rings (SSSR count). The first-order chi connectivity index (χ1) is 7.67. The molecule has 1 N–H and O–H groups in total. The number of nitrogens with zero attached hydrogens (tertiary/aromatic N) is 1. The Kier molecular flexibility index (Phi) is 5.73. The van der Waals surface area contributed by atoms with Crippen LogP contribution in [0.3, 0.4) is 0 Å². The Morgan fingerprint density at radius 3 is 2.50 bits per heavy atom. The average molecular weight is 229 g/mol. The SMILES string of the molecule is CCC(CC)N(C)CC1(CO)CCCOC1. The Morgan fingerprint density at radius 2 is 2.06 bits per heavy atom. The van der Waals surface area contributed by atoms with E-state index in [4.69, 9.17) is 4.74 Å². The minimum Gasteiger partial charge on any atom is -0.396 e. The maximum atomic E-state index is 9.61. The second kappa shape index (κ2) is 6.58. The lowest BCUT2D eigenvalue weighted by molar-refractivity contribution is -0.0573. The van der Waals surface area contributed by atoms with Gasteiger partial charge in [-0.15, -0.1) is 0 Å². The molecular weight excluding hydrogens is 202 g/mol. The van der Waals surface area contributed by atoms with Crippen molar-refractivity contribution in [3.05, 3.63) is 0 Å². The molecule has 0 aromatic rings. The fraction of sp³-hybridized carbons (Fsp3) is 1.00. The predicted molar refractivity (Wildman–Crippen MR) is 66.6 cm³/mol. The molecule has 16 heavy (non-hydrogen) atoms. The van der Waals surface area contributed by atoms with Crippen molar-refractivity contribution in [1.29, 1.82) is 0 Å². The van der Waals surface area contributed by atoms with Crippen LogP contribution in [-0.2, 0) is 4.74 Å². The van der Waals surface area contributed by atoms with Crippen LogP contribution in [0.25, 0.3) is 0 Å². The number of aliphatic hydroxyl groups excluding tert-OH is 1. The molecule has 0 bridgehead atoms. The van der Waals surface area contributed by atoms with E-state index in [-0.39, 0.29) is 12.0 Å². The van der Waals surface area contributed by atoms with Crippen LogP contribution < -0.4 is 0 Å². The third-order valence-corrected chi connectivity index (χ3v) is 3.89. The first-order valence-electron chi connectivity index (χ1n) is 6.56. The number of aliphatic hydroxyl groups is 1. The highest BCUT2D eigenvalue weighted by molar-refractivity contribution is 4.85. The first-order valence-corrected chi connectivity index (χ1v) is 6.56. The molecule has 1 fully saturated rings. The summed E-state index contributed by atoms with van der Waals surface area (Å²) in [5.41, 5.74) is -0.0183. The largest absolute Gasteiger partial charge is 0.396 e. The summed E-state index contributed by atoms with van der Waals surface area (Å²) >= 11 is 0. The van der Waals surface area contributed by atoms with Gasteiger partial charge < -0.3 is 14.7 Å². The minimum atomic E-state index is -0.0183. The summed E-state index contributed by atoms with van der Waals surface area (Å²) in [5.74, 6) is 0. The molecule has 0 saturated carbocycles. The molecule has 1 unspecified atom stereocenters. The van der Waals surface area contributed by atoms with Gasteiger partial charge in [0.05, 0.1) is 13.2 Å². The Morgan fingerprint density at radius 1 is 1.38 bits per heavy atom. The molecule has 0 aromatic carbocycles. The summed E-state index contributed by atoms with van der Waals surface area (Å²) in [6.07, 6.45) is 4.52. The molecule has 3 nitrogen and oxygen atoms in total. The molecule has 0 spiro atoms. The van der Waals surface area contributed by atoms with Gasteiger partial charge in [-0.25, -0.2) is 0 Å². The molecule has 1 atom stereocenters. The van der Waals surface area contributed by atoms with Gasteiger partial charge in [0.1, 0.15) is 0 Å². The van der Waals surface area contributed by atoms with Crippen molar-refractivity contribution in [3.8, 4) is 0 Å². The second-order valence-electron chi connectivity index (χ2n) is 5.20. The van der Waals surface area contributed by atoms with Gasteiger partial charge in [-0.05, 0) is 32.7 Å². The van der Waals surface area contributed by atoms with Gasteiger partial charge in [-0.2, -0.15) is 0 Å². The highest BCUT2D eigenvalue weighted by Gasteiger charge is 2.34. The van der Waals surface area contributed by atoms with Gasteiger partial charge in [0.25, 0.3) is 0 Å². The average Bonchev–Trinajstić information content (AvgIpc) is 2.32. The predicted octanol–water partition coefficient (Wildman–Crippen LogP) is 1.90. The van der Waals surface area contributed by atoms with Crippen molar-refractivity contribution in [3.63, 3.8) is 0 Å². The lowest BCUT2D eigenvalue weighted by Gasteiger charge is -2.40. The van der Waals surface area contributed by atoms with Crippen molar-refractivity contribution in [2.75, 3.05) is 33.4 Å². The summed E-state index contributed by atoms with van der Waals surface area (Å²) in [7, 11) is 2.17. The molecule has 1 aliphatic rings. The van der Waals surface area contributed by atoms with E-state index in [1.165, 1.54) is 12.8 Å². The maximum Gasteiger partial charge on any atom is 0.0556 e. The normalized spacial score (nSPS) is 26.6. The van der Waals surface area contributed by atoms with E-state index in [1.807, 2.05) is 0 Å². The number of ether oxygens (including phenoxy) is 1. The topological polar surface area (TPSA) is 32.7 Å². The minimum absolute atomic E-state index is 0.0183. The van der Waals surface area contributed by atoms with E-state index in [0.717, 1.165) is 26.0 Å². The summed E-state index contributed by atoms with van der Waals surface area (Å²) in [6.45, 7) is 7.24. The van der Waals surface area contributed by atoms with Gasteiger partial charge in [0.15, 0.2) is 0 Å². The van der Waals surface area contributed by atoms with Crippen LogP contribution >= 0.6 is 0 Å². The van der Waals surface area contributed by atoms with E-state index in [0.29, 0.717) is 12.6 Å². The van der Waals surface area contributed by atoms with Crippen LogP contribution in [0.15, 0.2) is 0 Å². The molecule has 1 aliphatic heterocycles. The standard InChI is InChI=1S/C13H27NO2/c1-4-12(5-2)14(3)9-13(10-15)7-6-8-16-11-13/h12,15H,4-11H2,1-3H3. The molecule has 0 aromatic heterocycles. The third kappa shape index (κ3) is 3.44. The quantitative estimate of drug-likeness (QED) is 0.755. The number of hydrogen-bond donors (Lipinski definition) is 1. The van der Waals surface area contributed by atoms with Crippen LogP contribution in [-0.4, -0.2) is 49.5 Å². The fourth-order valence-electron chi connectivity index (χ4n) is 2.78. The molecule has 3 heteroatoms. The highest BCUT2D eigenvalue weighted by Crippen LogP contribution is 2.29. The molecule has 1 saturated heterocycles. The van der Waals surface area contributed by atoms with Gasteiger partial charge in [-0.1, -0.05) is 13.8 Å². The van der Waals surface area contributed by atoms with Crippen LogP contribution in [0.4, 0.5) is 0 Å². The molecule has 0 radical (unpaired) electrons. The lowest BCUT2D eigenvalue weighted by Crippen LogP contribution is -2.47. The Bertz CT molecular complexity index is 186. The van der Waals surface area contributed by atoms with E-state index in [1.54, 1.807) is 0 Å². The van der Waals surface area contributed by atoms with E-state index in [9.17, 15) is 5.11 Å². The molecular formula is C13H27NO2. The zero-order chi connectivity index (χ0) is 12.0. The zero-order valence-corrected chi connectivity index (χ0v) is 11.0. The monoisotopic (exact) mass is 229 g/mol. The Labute approximate surface area is 99.8 Å². The van der Waals surface area contributed by atoms with Crippen LogP contribution in [0.5, 0.6) is 0 Å². The Hall–Kier alpha value is -0.120. The first kappa shape index (κ1) is 13.9. The van der Waals surface area contributed by atoms with Crippen molar-refractivity contribution in [2.45, 2.75) is 45.6 Å². The molecule has 0 aliphatic carbocycles. The maximum absolute atomic E-state index is 9.61. The van der Waals surface area contributed by atoms with Crippen LogP contribution in [0.2, 0.25) is 0 Å². The summed E-state index contributed by atoms with van der Waals surface area (Å²) in [6, 6.07) is 0.630. The van der Waals surface area contributed by atoms with Gasteiger partial charge in [0.2, 0.25) is 0 Å². The molecule has 1 heterocycles. The van der Waals surface area contributed by atoms with Crippen molar-refractivity contribution < 1.29 is 9.84 Å². The molecule has 96 valence electrons. The van der Waals surface area contributed by atoms with E-state index < -0.39 is 0 Å². The summed E-state index contributed by atoms with van der Waals surface area (Å²) in [5, 5.41) is 9.61. The zero-order valence-electron chi connectivity index (χ0n) is 11.0.